The standard InChI is InChI=1S/C15H21N5O3/c1-9-11(10(2)20-14(19-9)17-8-18-20)5-6-12(21)16-7-15(3,4)13(22)23/h8H,5-7H2,1-4H3,(H,16,21)(H,22,23). The van der Waals surface area contributed by atoms with Gasteiger partial charge in [0.25, 0.3) is 5.78 Å². The molecule has 0 aliphatic heterocycles. The zero-order valence-electron chi connectivity index (χ0n) is 13.8. The third-order valence-corrected chi connectivity index (χ3v) is 3.90. The summed E-state index contributed by atoms with van der Waals surface area (Å²) in [5.74, 6) is -0.585. The van der Waals surface area contributed by atoms with Crippen LogP contribution in [0.15, 0.2) is 6.33 Å². The fourth-order valence-corrected chi connectivity index (χ4v) is 2.24. The summed E-state index contributed by atoms with van der Waals surface area (Å²) in [6.07, 6.45) is 2.22. The van der Waals surface area contributed by atoms with Gasteiger partial charge >= 0.3 is 5.97 Å². The van der Waals surface area contributed by atoms with Crippen molar-refractivity contribution in [1.29, 1.82) is 0 Å². The zero-order valence-corrected chi connectivity index (χ0v) is 13.8. The normalized spacial score (nSPS) is 11.7. The monoisotopic (exact) mass is 319 g/mol. The third kappa shape index (κ3) is 3.64. The average Bonchev–Trinajstić information content (AvgIpc) is 2.93. The molecular weight excluding hydrogens is 298 g/mol. The molecule has 2 N–H and O–H groups in total. The molecule has 0 fully saturated rings. The van der Waals surface area contributed by atoms with Gasteiger partial charge in [-0.3, -0.25) is 9.59 Å². The molecule has 23 heavy (non-hydrogen) atoms. The number of hydrogen-bond acceptors (Lipinski definition) is 5. The van der Waals surface area contributed by atoms with E-state index >= 15 is 0 Å². The lowest BCUT2D eigenvalue weighted by Gasteiger charge is -2.19. The van der Waals surface area contributed by atoms with Gasteiger partial charge in [-0.05, 0) is 39.7 Å². The van der Waals surface area contributed by atoms with Crippen LogP contribution in [0.1, 0.15) is 37.2 Å². The number of aromatic nitrogens is 4. The fraction of sp³-hybridized carbons (Fsp3) is 0.533. The summed E-state index contributed by atoms with van der Waals surface area (Å²) < 4.78 is 1.65. The van der Waals surface area contributed by atoms with Crippen LogP contribution in [0.25, 0.3) is 5.78 Å². The molecule has 124 valence electrons. The number of fused-ring (bicyclic) bond motifs is 1. The van der Waals surface area contributed by atoms with E-state index in [-0.39, 0.29) is 18.9 Å². The largest absolute Gasteiger partial charge is 0.481 e. The number of aryl methyl sites for hydroxylation is 2. The van der Waals surface area contributed by atoms with Crippen LogP contribution in [0.3, 0.4) is 0 Å². The Hall–Kier alpha value is -2.51. The van der Waals surface area contributed by atoms with Crippen molar-refractivity contribution in [2.45, 2.75) is 40.5 Å². The van der Waals surface area contributed by atoms with E-state index in [1.807, 2.05) is 13.8 Å². The first-order valence-electron chi connectivity index (χ1n) is 7.38. The molecule has 0 saturated carbocycles. The van der Waals surface area contributed by atoms with Crippen LogP contribution >= 0.6 is 0 Å². The smallest absolute Gasteiger partial charge is 0.310 e. The van der Waals surface area contributed by atoms with Crippen LogP contribution in [0.5, 0.6) is 0 Å². The molecule has 2 rings (SSSR count). The van der Waals surface area contributed by atoms with E-state index < -0.39 is 11.4 Å². The summed E-state index contributed by atoms with van der Waals surface area (Å²) in [5, 5.41) is 15.8. The van der Waals surface area contributed by atoms with E-state index in [0.29, 0.717) is 12.2 Å². The quantitative estimate of drug-likeness (QED) is 0.818. The molecule has 0 aliphatic rings. The van der Waals surface area contributed by atoms with Crippen LogP contribution in [-0.2, 0) is 16.0 Å². The fourth-order valence-electron chi connectivity index (χ4n) is 2.24. The van der Waals surface area contributed by atoms with Crippen LogP contribution in [0.2, 0.25) is 0 Å². The second-order valence-electron chi connectivity index (χ2n) is 6.20. The predicted molar refractivity (Wildman–Crippen MR) is 83.0 cm³/mol. The molecule has 0 atom stereocenters. The Labute approximate surface area is 133 Å². The number of carbonyl (C=O) groups is 2. The summed E-state index contributed by atoms with van der Waals surface area (Å²) >= 11 is 0. The maximum absolute atomic E-state index is 12.0. The predicted octanol–water partition coefficient (Wildman–Crippen LogP) is 0.901. The molecule has 0 radical (unpaired) electrons. The molecule has 0 bridgehead atoms. The van der Waals surface area contributed by atoms with Gasteiger partial charge in [-0.15, -0.1) is 0 Å². The Kier molecular flexibility index (Phi) is 4.63. The molecule has 8 nitrogen and oxygen atoms in total. The van der Waals surface area contributed by atoms with E-state index in [2.05, 4.69) is 20.4 Å². The van der Waals surface area contributed by atoms with Crippen molar-refractivity contribution < 1.29 is 14.7 Å². The lowest BCUT2D eigenvalue weighted by Crippen LogP contribution is -2.39. The number of carboxylic acids is 1. The number of hydrogen-bond donors (Lipinski definition) is 2. The Balaban J connectivity index is 2.01. The molecule has 0 saturated heterocycles. The molecule has 1 amide bonds. The lowest BCUT2D eigenvalue weighted by atomic mass is 9.94. The van der Waals surface area contributed by atoms with Gasteiger partial charge in [-0.2, -0.15) is 10.1 Å². The summed E-state index contributed by atoms with van der Waals surface area (Å²) in [6, 6.07) is 0. The minimum atomic E-state index is -0.983. The van der Waals surface area contributed by atoms with Crippen molar-refractivity contribution >= 4 is 17.7 Å². The van der Waals surface area contributed by atoms with E-state index in [1.165, 1.54) is 6.33 Å². The minimum absolute atomic E-state index is 0.0967. The lowest BCUT2D eigenvalue weighted by molar-refractivity contribution is -0.146. The summed E-state index contributed by atoms with van der Waals surface area (Å²) in [7, 11) is 0. The van der Waals surface area contributed by atoms with E-state index in [1.54, 1.807) is 18.4 Å². The number of amides is 1. The number of rotatable bonds is 6. The molecule has 2 heterocycles. The second-order valence-corrected chi connectivity index (χ2v) is 6.20. The van der Waals surface area contributed by atoms with Gasteiger partial charge in [0.05, 0.1) is 5.41 Å². The van der Waals surface area contributed by atoms with Gasteiger partial charge in [0.2, 0.25) is 5.91 Å². The number of carbonyl (C=O) groups excluding carboxylic acids is 1. The van der Waals surface area contributed by atoms with Crippen LogP contribution in [0, 0.1) is 19.3 Å². The Morgan fingerprint density at radius 2 is 2.04 bits per heavy atom. The van der Waals surface area contributed by atoms with E-state index in [4.69, 9.17) is 5.11 Å². The average molecular weight is 319 g/mol. The van der Waals surface area contributed by atoms with Gasteiger partial charge < -0.3 is 10.4 Å². The molecule has 0 spiro atoms. The van der Waals surface area contributed by atoms with Crippen molar-refractivity contribution in [3.05, 3.63) is 23.3 Å². The maximum Gasteiger partial charge on any atom is 0.310 e. The Morgan fingerprint density at radius 3 is 2.70 bits per heavy atom. The van der Waals surface area contributed by atoms with Gasteiger partial charge in [-0.1, -0.05) is 0 Å². The molecule has 0 aliphatic carbocycles. The van der Waals surface area contributed by atoms with Crippen LogP contribution in [-0.4, -0.2) is 43.1 Å². The zero-order chi connectivity index (χ0) is 17.2. The number of carboxylic acid groups (broad SMARTS) is 1. The molecule has 0 aromatic carbocycles. The highest BCUT2D eigenvalue weighted by Gasteiger charge is 2.27. The summed E-state index contributed by atoms with van der Waals surface area (Å²) in [6.45, 7) is 7.04. The van der Waals surface area contributed by atoms with Gasteiger partial charge in [0, 0.05) is 24.4 Å². The third-order valence-electron chi connectivity index (χ3n) is 3.90. The molecule has 8 heteroatoms. The first kappa shape index (κ1) is 16.9. The van der Waals surface area contributed by atoms with Crippen LogP contribution in [0.4, 0.5) is 0 Å². The van der Waals surface area contributed by atoms with E-state index in [9.17, 15) is 9.59 Å². The first-order valence-corrected chi connectivity index (χ1v) is 7.38. The van der Waals surface area contributed by atoms with Crippen molar-refractivity contribution in [2.24, 2.45) is 5.41 Å². The minimum Gasteiger partial charge on any atom is -0.481 e. The highest BCUT2D eigenvalue weighted by atomic mass is 16.4. The Morgan fingerprint density at radius 1 is 1.35 bits per heavy atom. The SMILES string of the molecule is Cc1nc2ncnn2c(C)c1CCC(=O)NCC(C)(C)C(=O)O. The van der Waals surface area contributed by atoms with Gasteiger partial charge in [-0.25, -0.2) is 9.50 Å². The first-order chi connectivity index (χ1) is 10.7. The maximum atomic E-state index is 12.0. The highest BCUT2D eigenvalue weighted by molar-refractivity contribution is 5.78. The van der Waals surface area contributed by atoms with Gasteiger partial charge in [0.15, 0.2) is 0 Å². The van der Waals surface area contributed by atoms with E-state index in [0.717, 1.165) is 17.0 Å². The van der Waals surface area contributed by atoms with Crippen molar-refractivity contribution in [3.8, 4) is 0 Å². The highest BCUT2D eigenvalue weighted by Crippen LogP contribution is 2.16. The Bertz CT molecular complexity index is 751. The number of nitrogens with zero attached hydrogens (tertiary/aromatic N) is 4. The van der Waals surface area contributed by atoms with Gasteiger partial charge in [0.1, 0.15) is 6.33 Å². The van der Waals surface area contributed by atoms with Crippen LogP contribution < -0.4 is 5.32 Å². The summed E-state index contributed by atoms with van der Waals surface area (Å²) in [5.41, 5.74) is 1.70. The summed E-state index contributed by atoms with van der Waals surface area (Å²) in [4.78, 5) is 31.4. The van der Waals surface area contributed by atoms with Crippen molar-refractivity contribution in [2.75, 3.05) is 6.54 Å². The number of aliphatic carboxylic acids is 1. The molecule has 0 unspecified atom stereocenters. The number of nitrogens with one attached hydrogen (secondary N) is 1. The van der Waals surface area contributed by atoms with Crippen molar-refractivity contribution in [1.82, 2.24) is 24.9 Å². The molecule has 2 aromatic rings. The molecular formula is C15H21N5O3. The van der Waals surface area contributed by atoms with Crippen molar-refractivity contribution in [3.63, 3.8) is 0 Å². The topological polar surface area (TPSA) is 109 Å². The second kappa shape index (κ2) is 6.31. The molecule has 2 aromatic heterocycles.